The van der Waals surface area contributed by atoms with Crippen molar-refractivity contribution in [3.63, 3.8) is 0 Å². The van der Waals surface area contributed by atoms with Crippen molar-refractivity contribution >= 4 is 0 Å². The number of rotatable bonds is 5. The molecule has 0 amide bonds. The molecular formula is C11H20N2. The molecule has 0 unspecified atom stereocenters. The molecule has 0 aliphatic heterocycles. The molecule has 1 rings (SSSR count). The van der Waals surface area contributed by atoms with E-state index in [0.717, 1.165) is 5.82 Å². The van der Waals surface area contributed by atoms with Crippen LogP contribution < -0.4 is 0 Å². The topological polar surface area (TPSA) is 28.7 Å². The van der Waals surface area contributed by atoms with E-state index in [1.165, 1.54) is 19.3 Å². The molecule has 13 heavy (non-hydrogen) atoms. The highest BCUT2D eigenvalue weighted by atomic mass is 14.9. The van der Waals surface area contributed by atoms with E-state index >= 15 is 0 Å². The fourth-order valence-corrected chi connectivity index (χ4v) is 1.69. The van der Waals surface area contributed by atoms with Crippen molar-refractivity contribution in [1.29, 1.82) is 0 Å². The zero-order valence-corrected chi connectivity index (χ0v) is 8.88. The van der Waals surface area contributed by atoms with Crippen LogP contribution in [0.15, 0.2) is 12.4 Å². The summed E-state index contributed by atoms with van der Waals surface area (Å²) < 4.78 is 0. The van der Waals surface area contributed by atoms with Gasteiger partial charge in [-0.05, 0) is 12.3 Å². The van der Waals surface area contributed by atoms with Gasteiger partial charge >= 0.3 is 0 Å². The summed E-state index contributed by atoms with van der Waals surface area (Å²) in [7, 11) is 0. The summed E-state index contributed by atoms with van der Waals surface area (Å²) in [6.07, 6.45) is 7.57. The first-order chi connectivity index (χ1) is 6.25. The van der Waals surface area contributed by atoms with Crippen molar-refractivity contribution in [2.24, 2.45) is 5.92 Å². The quantitative estimate of drug-likeness (QED) is 0.739. The SMILES string of the molecule is CCCC[C@H](c1ncc[nH]1)C(C)C. The van der Waals surface area contributed by atoms with Crippen LogP contribution in [0, 0.1) is 5.92 Å². The van der Waals surface area contributed by atoms with Crippen molar-refractivity contribution in [3.05, 3.63) is 18.2 Å². The predicted molar refractivity (Wildman–Crippen MR) is 55.7 cm³/mol. The summed E-state index contributed by atoms with van der Waals surface area (Å²) in [5.41, 5.74) is 0. The lowest BCUT2D eigenvalue weighted by Gasteiger charge is -2.17. The van der Waals surface area contributed by atoms with Gasteiger partial charge < -0.3 is 4.98 Å². The largest absolute Gasteiger partial charge is 0.348 e. The van der Waals surface area contributed by atoms with E-state index in [9.17, 15) is 0 Å². The lowest BCUT2D eigenvalue weighted by Crippen LogP contribution is -2.08. The van der Waals surface area contributed by atoms with Gasteiger partial charge in [0.2, 0.25) is 0 Å². The van der Waals surface area contributed by atoms with Gasteiger partial charge in [-0.1, -0.05) is 33.6 Å². The number of imidazole rings is 1. The molecule has 0 spiro atoms. The fraction of sp³-hybridized carbons (Fsp3) is 0.727. The Labute approximate surface area is 80.8 Å². The first kappa shape index (κ1) is 10.3. The molecule has 0 saturated heterocycles. The summed E-state index contributed by atoms with van der Waals surface area (Å²) in [6, 6.07) is 0. The van der Waals surface area contributed by atoms with Crippen molar-refractivity contribution in [1.82, 2.24) is 9.97 Å². The van der Waals surface area contributed by atoms with Gasteiger partial charge in [0.1, 0.15) is 5.82 Å². The van der Waals surface area contributed by atoms with Crippen LogP contribution in [0.2, 0.25) is 0 Å². The summed E-state index contributed by atoms with van der Waals surface area (Å²) >= 11 is 0. The van der Waals surface area contributed by atoms with Gasteiger partial charge in [-0.2, -0.15) is 0 Å². The molecule has 0 radical (unpaired) electrons. The van der Waals surface area contributed by atoms with Crippen LogP contribution in [0.25, 0.3) is 0 Å². The van der Waals surface area contributed by atoms with E-state index in [1.807, 2.05) is 12.4 Å². The molecule has 0 aliphatic rings. The number of aromatic amines is 1. The van der Waals surface area contributed by atoms with Crippen LogP contribution in [-0.2, 0) is 0 Å². The summed E-state index contributed by atoms with van der Waals surface area (Å²) in [6.45, 7) is 6.77. The van der Waals surface area contributed by atoms with Gasteiger partial charge in [0.15, 0.2) is 0 Å². The average molecular weight is 180 g/mol. The van der Waals surface area contributed by atoms with E-state index in [2.05, 4.69) is 30.7 Å². The molecule has 0 aliphatic carbocycles. The predicted octanol–water partition coefficient (Wildman–Crippen LogP) is 3.34. The first-order valence-electron chi connectivity index (χ1n) is 5.25. The second kappa shape index (κ2) is 5.05. The van der Waals surface area contributed by atoms with Crippen molar-refractivity contribution < 1.29 is 0 Å². The summed E-state index contributed by atoms with van der Waals surface area (Å²) in [5, 5.41) is 0. The molecule has 0 bridgehead atoms. The third kappa shape index (κ3) is 2.87. The zero-order chi connectivity index (χ0) is 9.68. The number of nitrogens with zero attached hydrogens (tertiary/aromatic N) is 1. The minimum absolute atomic E-state index is 0.606. The van der Waals surface area contributed by atoms with E-state index in [1.54, 1.807) is 0 Å². The number of H-pyrrole nitrogens is 1. The Hall–Kier alpha value is -0.790. The van der Waals surface area contributed by atoms with Crippen LogP contribution in [0.3, 0.4) is 0 Å². The van der Waals surface area contributed by atoms with E-state index in [0.29, 0.717) is 11.8 Å². The molecule has 0 fully saturated rings. The van der Waals surface area contributed by atoms with Gasteiger partial charge in [0, 0.05) is 18.3 Å². The highest BCUT2D eigenvalue weighted by Gasteiger charge is 2.16. The van der Waals surface area contributed by atoms with Gasteiger partial charge in [0.25, 0.3) is 0 Å². The van der Waals surface area contributed by atoms with Gasteiger partial charge in [-0.3, -0.25) is 0 Å². The van der Waals surface area contributed by atoms with Crippen molar-refractivity contribution in [3.8, 4) is 0 Å². The summed E-state index contributed by atoms with van der Waals surface area (Å²) in [5.74, 6) is 2.44. The smallest absolute Gasteiger partial charge is 0.109 e. The molecule has 1 aromatic heterocycles. The lowest BCUT2D eigenvalue weighted by molar-refractivity contribution is 0.436. The summed E-state index contributed by atoms with van der Waals surface area (Å²) in [4.78, 5) is 7.55. The molecule has 2 nitrogen and oxygen atoms in total. The van der Waals surface area contributed by atoms with Gasteiger partial charge in [0.05, 0.1) is 0 Å². The molecule has 1 heterocycles. The highest BCUT2D eigenvalue weighted by molar-refractivity contribution is 4.97. The van der Waals surface area contributed by atoms with E-state index in [4.69, 9.17) is 0 Å². The molecule has 1 atom stereocenters. The minimum atomic E-state index is 0.606. The zero-order valence-electron chi connectivity index (χ0n) is 8.88. The fourth-order valence-electron chi connectivity index (χ4n) is 1.69. The maximum absolute atomic E-state index is 4.34. The maximum atomic E-state index is 4.34. The third-order valence-corrected chi connectivity index (χ3v) is 2.54. The molecule has 2 heteroatoms. The number of unbranched alkanes of at least 4 members (excludes halogenated alkanes) is 1. The Morgan fingerprint density at radius 3 is 2.69 bits per heavy atom. The number of aromatic nitrogens is 2. The maximum Gasteiger partial charge on any atom is 0.109 e. The van der Waals surface area contributed by atoms with Crippen molar-refractivity contribution in [2.45, 2.75) is 46.0 Å². The molecule has 74 valence electrons. The van der Waals surface area contributed by atoms with Gasteiger partial charge in [-0.25, -0.2) is 4.98 Å². The minimum Gasteiger partial charge on any atom is -0.348 e. The first-order valence-corrected chi connectivity index (χ1v) is 5.25. The third-order valence-electron chi connectivity index (χ3n) is 2.54. The van der Waals surface area contributed by atoms with E-state index < -0.39 is 0 Å². The monoisotopic (exact) mass is 180 g/mol. The highest BCUT2D eigenvalue weighted by Crippen LogP contribution is 2.26. The number of hydrogen-bond acceptors (Lipinski definition) is 1. The van der Waals surface area contributed by atoms with Crippen LogP contribution in [0.4, 0.5) is 0 Å². The second-order valence-corrected chi connectivity index (χ2v) is 3.97. The molecule has 1 N–H and O–H groups in total. The van der Waals surface area contributed by atoms with Crippen LogP contribution in [-0.4, -0.2) is 9.97 Å². The Balaban J connectivity index is 2.58. The molecule has 0 aromatic carbocycles. The normalized spacial score (nSPS) is 13.5. The van der Waals surface area contributed by atoms with E-state index in [-0.39, 0.29) is 0 Å². The number of nitrogens with one attached hydrogen (secondary N) is 1. The lowest BCUT2D eigenvalue weighted by atomic mass is 9.90. The molecular weight excluding hydrogens is 160 g/mol. The Morgan fingerprint density at radius 1 is 1.46 bits per heavy atom. The standard InChI is InChI=1S/C11H20N2/c1-4-5-6-10(9(2)3)11-12-7-8-13-11/h7-10H,4-6H2,1-3H3,(H,12,13)/t10-/m0/s1. The average Bonchev–Trinajstić information content (AvgIpc) is 2.57. The van der Waals surface area contributed by atoms with Crippen molar-refractivity contribution in [2.75, 3.05) is 0 Å². The second-order valence-electron chi connectivity index (χ2n) is 3.97. The molecule has 0 saturated carbocycles. The Kier molecular flexibility index (Phi) is 4.00. The van der Waals surface area contributed by atoms with Crippen LogP contribution in [0.5, 0.6) is 0 Å². The van der Waals surface area contributed by atoms with Gasteiger partial charge in [-0.15, -0.1) is 0 Å². The van der Waals surface area contributed by atoms with Crippen LogP contribution in [0.1, 0.15) is 51.8 Å². The Bertz CT molecular complexity index is 214. The Morgan fingerprint density at radius 2 is 2.23 bits per heavy atom. The number of hydrogen-bond donors (Lipinski definition) is 1. The van der Waals surface area contributed by atoms with Crippen LogP contribution >= 0.6 is 0 Å². The molecule has 1 aromatic rings.